The molecule has 8 heteroatoms. The Morgan fingerprint density at radius 3 is 2.25 bits per heavy atom. The van der Waals surface area contributed by atoms with Gasteiger partial charge in [0.25, 0.3) is 0 Å². The van der Waals surface area contributed by atoms with Crippen LogP contribution < -0.4 is 10.8 Å². The molecule has 3 rings (SSSR count). The molecule has 36 heavy (non-hydrogen) atoms. The largest absolute Gasteiger partial charge is 0.494 e. The van der Waals surface area contributed by atoms with Gasteiger partial charge in [-0.3, -0.25) is 0 Å². The molecule has 198 valence electrons. The lowest BCUT2D eigenvalue weighted by molar-refractivity contribution is -0.139. The number of nitrogens with one attached hydrogen (secondary N) is 1. The van der Waals surface area contributed by atoms with Crippen LogP contribution in [-0.4, -0.2) is 47.1 Å². The molecule has 2 N–H and O–H groups in total. The standard InChI is InChI=1S/C28H42BNO6/c1-18-17-20(29-35-27(5,6)28(7,8)36-29)13-14-21(18)22(19-11-9-10-12-19)15-16-23(24(31)32)30-25(33)34-26(2,3)4/h13-15,17,19,23H,9-12,16H2,1-8H3,(H,30,33)(H,31,32)/b22-15+/t23-/m0/s1. The van der Waals surface area contributed by atoms with Crippen LogP contribution in [0, 0.1) is 12.8 Å². The Balaban J connectivity index is 1.85. The Morgan fingerprint density at radius 2 is 1.75 bits per heavy atom. The molecule has 1 saturated heterocycles. The number of carbonyl (C=O) groups is 2. The van der Waals surface area contributed by atoms with Crippen molar-refractivity contribution in [3.63, 3.8) is 0 Å². The number of aliphatic carboxylic acids is 1. The van der Waals surface area contributed by atoms with Gasteiger partial charge in [-0.05, 0) is 103 Å². The van der Waals surface area contributed by atoms with Crippen molar-refractivity contribution in [1.82, 2.24) is 5.32 Å². The minimum absolute atomic E-state index is 0.179. The van der Waals surface area contributed by atoms with Crippen LogP contribution in [0.1, 0.15) is 91.7 Å². The van der Waals surface area contributed by atoms with E-state index in [9.17, 15) is 14.7 Å². The maximum Gasteiger partial charge on any atom is 0.494 e. The van der Waals surface area contributed by atoms with Gasteiger partial charge in [-0.25, -0.2) is 9.59 Å². The summed E-state index contributed by atoms with van der Waals surface area (Å²) in [5.74, 6) is -0.724. The fourth-order valence-corrected chi connectivity index (χ4v) is 4.79. The molecular weight excluding hydrogens is 457 g/mol. The second kappa shape index (κ2) is 10.6. The van der Waals surface area contributed by atoms with Crippen molar-refractivity contribution in [3.8, 4) is 0 Å². The number of amides is 1. The molecule has 0 bridgehead atoms. The summed E-state index contributed by atoms with van der Waals surface area (Å²) in [6.07, 6.45) is 5.90. The zero-order valence-electron chi connectivity index (χ0n) is 23.1. The van der Waals surface area contributed by atoms with Gasteiger partial charge in [0.05, 0.1) is 11.2 Å². The van der Waals surface area contributed by atoms with Crippen molar-refractivity contribution < 1.29 is 28.7 Å². The van der Waals surface area contributed by atoms with Gasteiger partial charge in [0, 0.05) is 0 Å². The minimum Gasteiger partial charge on any atom is -0.480 e. The molecule has 1 atom stereocenters. The summed E-state index contributed by atoms with van der Waals surface area (Å²) in [4.78, 5) is 24.1. The van der Waals surface area contributed by atoms with Gasteiger partial charge >= 0.3 is 19.2 Å². The molecule has 2 aliphatic rings. The predicted molar refractivity (Wildman–Crippen MR) is 142 cm³/mol. The average Bonchev–Trinajstić information content (AvgIpc) is 3.32. The van der Waals surface area contributed by atoms with Gasteiger partial charge in [-0.1, -0.05) is 37.1 Å². The monoisotopic (exact) mass is 499 g/mol. The van der Waals surface area contributed by atoms with E-state index in [1.807, 2.05) is 39.8 Å². The van der Waals surface area contributed by atoms with Crippen molar-refractivity contribution in [3.05, 3.63) is 35.4 Å². The van der Waals surface area contributed by atoms with Crippen molar-refractivity contribution >= 4 is 30.2 Å². The number of ether oxygens (including phenoxy) is 1. The van der Waals surface area contributed by atoms with Crippen molar-refractivity contribution in [1.29, 1.82) is 0 Å². The fourth-order valence-electron chi connectivity index (χ4n) is 4.79. The molecule has 0 spiro atoms. The lowest BCUT2D eigenvalue weighted by atomic mass is 9.76. The van der Waals surface area contributed by atoms with E-state index < -0.39 is 42.0 Å². The number of carbonyl (C=O) groups excluding carboxylic acids is 1. The summed E-state index contributed by atoms with van der Waals surface area (Å²) >= 11 is 0. The Morgan fingerprint density at radius 1 is 1.17 bits per heavy atom. The molecule has 1 aromatic rings. The van der Waals surface area contributed by atoms with Gasteiger partial charge in [0.2, 0.25) is 0 Å². The first-order valence-corrected chi connectivity index (χ1v) is 13.0. The number of hydrogen-bond acceptors (Lipinski definition) is 5. The smallest absolute Gasteiger partial charge is 0.480 e. The molecule has 1 saturated carbocycles. The SMILES string of the molecule is Cc1cc(B2OC(C)(C)C(C)(C)O2)ccc1/C(=C/C[C@H](NC(=O)OC(C)(C)C)C(=O)O)C1CCCC1. The number of benzene rings is 1. The van der Waals surface area contributed by atoms with Crippen molar-refractivity contribution in [2.24, 2.45) is 5.92 Å². The first-order chi connectivity index (χ1) is 16.6. The van der Waals surface area contributed by atoms with Crippen LogP contribution in [0.5, 0.6) is 0 Å². The third-order valence-corrected chi connectivity index (χ3v) is 7.44. The Labute approximate surface area is 216 Å². The topological polar surface area (TPSA) is 94.1 Å². The highest BCUT2D eigenvalue weighted by molar-refractivity contribution is 6.62. The summed E-state index contributed by atoms with van der Waals surface area (Å²) in [5, 5.41) is 12.2. The highest BCUT2D eigenvalue weighted by atomic mass is 16.7. The van der Waals surface area contributed by atoms with E-state index in [1.54, 1.807) is 20.8 Å². The van der Waals surface area contributed by atoms with E-state index in [0.29, 0.717) is 5.92 Å². The van der Waals surface area contributed by atoms with Gasteiger partial charge < -0.3 is 24.5 Å². The Bertz CT molecular complexity index is 988. The van der Waals surface area contributed by atoms with E-state index in [0.717, 1.165) is 47.8 Å². The second-order valence-corrected chi connectivity index (χ2v) is 12.1. The quantitative estimate of drug-likeness (QED) is 0.499. The maximum atomic E-state index is 12.2. The summed E-state index contributed by atoms with van der Waals surface area (Å²) in [6.45, 7) is 15.5. The van der Waals surface area contributed by atoms with Crippen LogP contribution >= 0.6 is 0 Å². The van der Waals surface area contributed by atoms with Crippen LogP contribution in [-0.2, 0) is 18.8 Å². The van der Waals surface area contributed by atoms with Crippen LogP contribution in [0.4, 0.5) is 4.79 Å². The predicted octanol–water partition coefficient (Wildman–Crippen LogP) is 5.24. The molecule has 1 amide bonds. The highest BCUT2D eigenvalue weighted by Gasteiger charge is 2.51. The first-order valence-electron chi connectivity index (χ1n) is 13.0. The molecule has 2 fully saturated rings. The summed E-state index contributed by atoms with van der Waals surface area (Å²) in [7, 11) is -0.434. The number of alkyl carbamates (subject to hydrolysis) is 1. The summed E-state index contributed by atoms with van der Waals surface area (Å²) in [6, 6.07) is 5.17. The van der Waals surface area contributed by atoms with Crippen LogP contribution in [0.3, 0.4) is 0 Å². The summed E-state index contributed by atoms with van der Waals surface area (Å²) < 4.78 is 17.7. The van der Waals surface area contributed by atoms with Crippen LogP contribution in [0.25, 0.3) is 5.57 Å². The van der Waals surface area contributed by atoms with E-state index in [-0.39, 0.29) is 6.42 Å². The third kappa shape index (κ3) is 6.71. The number of rotatable bonds is 7. The number of allylic oxidation sites excluding steroid dienone is 1. The van der Waals surface area contributed by atoms with Crippen LogP contribution in [0.15, 0.2) is 24.3 Å². The van der Waals surface area contributed by atoms with Gasteiger partial charge in [-0.15, -0.1) is 0 Å². The molecule has 0 unspecified atom stereocenters. The number of aryl methyl sites for hydroxylation is 1. The van der Waals surface area contributed by atoms with Crippen molar-refractivity contribution in [2.75, 3.05) is 0 Å². The van der Waals surface area contributed by atoms with Gasteiger partial charge in [-0.2, -0.15) is 0 Å². The zero-order valence-corrected chi connectivity index (χ0v) is 23.1. The zero-order chi connectivity index (χ0) is 26.9. The third-order valence-electron chi connectivity index (χ3n) is 7.44. The second-order valence-electron chi connectivity index (χ2n) is 12.1. The lowest BCUT2D eigenvalue weighted by Gasteiger charge is -2.32. The molecule has 1 aliphatic carbocycles. The highest BCUT2D eigenvalue weighted by Crippen LogP contribution is 2.39. The average molecular weight is 499 g/mol. The van der Waals surface area contributed by atoms with Crippen LogP contribution in [0.2, 0.25) is 0 Å². The maximum absolute atomic E-state index is 12.2. The van der Waals surface area contributed by atoms with Crippen molar-refractivity contribution in [2.45, 2.75) is 110 Å². The minimum atomic E-state index is -1.09. The van der Waals surface area contributed by atoms with E-state index in [4.69, 9.17) is 14.0 Å². The van der Waals surface area contributed by atoms with E-state index in [2.05, 4.69) is 24.4 Å². The Kier molecular flexibility index (Phi) is 8.31. The number of carboxylic acids is 1. The first kappa shape index (κ1) is 28.3. The number of hydrogen-bond donors (Lipinski definition) is 2. The fraction of sp³-hybridized carbons (Fsp3) is 0.643. The lowest BCUT2D eigenvalue weighted by Crippen LogP contribution is -2.43. The van der Waals surface area contributed by atoms with Gasteiger partial charge in [0.1, 0.15) is 11.6 Å². The number of carboxylic acid groups (broad SMARTS) is 1. The summed E-state index contributed by atoms with van der Waals surface area (Å²) in [5.41, 5.74) is 2.78. The molecule has 7 nitrogen and oxygen atoms in total. The van der Waals surface area contributed by atoms with E-state index in [1.165, 1.54) is 0 Å². The molecule has 1 aromatic carbocycles. The normalized spacial score (nSPS) is 20.9. The molecule has 1 heterocycles. The van der Waals surface area contributed by atoms with E-state index >= 15 is 0 Å². The molecule has 0 aromatic heterocycles. The molecule has 1 aliphatic heterocycles. The molecule has 0 radical (unpaired) electrons. The molecular formula is C28H42BNO6. The van der Waals surface area contributed by atoms with Gasteiger partial charge in [0.15, 0.2) is 0 Å². The Hall–Kier alpha value is -2.32.